The van der Waals surface area contributed by atoms with Crippen LogP contribution < -0.4 is 5.32 Å². The van der Waals surface area contributed by atoms with Crippen LogP contribution in [-0.4, -0.2) is 12.5 Å². The summed E-state index contributed by atoms with van der Waals surface area (Å²) in [5.41, 5.74) is 0.282. The molecule has 2 saturated carbocycles. The Hall–Kier alpha value is -1.52. The minimum atomic E-state index is -4.28. The fraction of sp³-hybridized carbons (Fsp3) is 0.611. The number of amides is 1. The summed E-state index contributed by atoms with van der Waals surface area (Å²) in [6.07, 6.45) is 6.97. The maximum atomic E-state index is 12.3. The molecule has 1 aromatic carbocycles. The molecule has 0 bridgehead atoms. The molecule has 5 heteroatoms. The molecule has 3 rings (SSSR count). The van der Waals surface area contributed by atoms with Crippen molar-refractivity contribution < 1.29 is 18.0 Å². The van der Waals surface area contributed by atoms with E-state index in [2.05, 4.69) is 5.32 Å². The second-order valence-electron chi connectivity index (χ2n) is 6.39. The zero-order valence-corrected chi connectivity index (χ0v) is 13.2. The zero-order valence-electron chi connectivity index (χ0n) is 13.2. The molecular weight excluding hydrogens is 303 g/mol. The third kappa shape index (κ3) is 5.56. The van der Waals surface area contributed by atoms with Gasteiger partial charge in [-0.1, -0.05) is 50.7 Å². The maximum absolute atomic E-state index is 12.3. The van der Waals surface area contributed by atoms with Gasteiger partial charge >= 0.3 is 6.18 Å². The molecule has 0 unspecified atom stereocenters. The molecule has 0 radical (unpaired) electrons. The summed E-state index contributed by atoms with van der Waals surface area (Å²) >= 11 is 0. The van der Waals surface area contributed by atoms with E-state index in [0.29, 0.717) is 6.41 Å². The minimum Gasteiger partial charge on any atom is -0.356 e. The number of carbonyl (C=O) groups is 1. The third-order valence-electron chi connectivity index (χ3n) is 4.65. The van der Waals surface area contributed by atoms with Crippen molar-refractivity contribution >= 4 is 6.41 Å². The van der Waals surface area contributed by atoms with Crippen LogP contribution in [0.5, 0.6) is 0 Å². The van der Waals surface area contributed by atoms with Gasteiger partial charge < -0.3 is 5.32 Å². The smallest absolute Gasteiger partial charge is 0.356 e. The first-order valence-electron chi connectivity index (χ1n) is 8.37. The Labute approximate surface area is 135 Å². The lowest BCUT2D eigenvalue weighted by Gasteiger charge is -2.35. The lowest BCUT2D eigenvalue weighted by molar-refractivity contribution is -0.137. The van der Waals surface area contributed by atoms with Gasteiger partial charge in [-0.15, -0.1) is 0 Å². The van der Waals surface area contributed by atoms with Crippen LogP contribution in [0, 0.1) is 0 Å². The number of alkyl halides is 3. The second kappa shape index (κ2) is 8.37. The molecule has 1 N–H and O–H groups in total. The molecule has 0 aliphatic heterocycles. The Kier molecular flexibility index (Phi) is 6.48. The van der Waals surface area contributed by atoms with Crippen LogP contribution in [0.15, 0.2) is 24.3 Å². The predicted octanol–water partition coefficient (Wildman–Crippen LogP) is 5.04. The highest BCUT2D eigenvalue weighted by atomic mass is 19.4. The Morgan fingerprint density at radius 3 is 1.78 bits per heavy atom. The molecule has 0 aromatic heterocycles. The van der Waals surface area contributed by atoms with Gasteiger partial charge in [-0.2, -0.15) is 13.2 Å². The normalized spacial score (nSPS) is 24.0. The van der Waals surface area contributed by atoms with E-state index >= 15 is 0 Å². The summed E-state index contributed by atoms with van der Waals surface area (Å²) < 4.78 is 37.0. The first kappa shape index (κ1) is 17.8. The molecule has 0 saturated heterocycles. The molecule has 0 spiro atoms. The van der Waals surface area contributed by atoms with Gasteiger partial charge in [-0.25, -0.2) is 0 Å². The topological polar surface area (TPSA) is 29.1 Å². The molecule has 2 aliphatic carbocycles. The predicted molar refractivity (Wildman–Crippen MR) is 84.1 cm³/mol. The van der Waals surface area contributed by atoms with E-state index in [1.165, 1.54) is 50.7 Å². The molecular formula is C18H24F3NO. The summed E-state index contributed by atoms with van der Waals surface area (Å²) in [6.45, 7) is 0. The van der Waals surface area contributed by atoms with Crippen LogP contribution in [0.25, 0.3) is 0 Å². The van der Waals surface area contributed by atoms with Gasteiger partial charge in [-0.05, 0) is 36.5 Å². The van der Waals surface area contributed by atoms with Crippen LogP contribution in [0.2, 0.25) is 0 Å². The Bertz CT molecular complexity index is 463. The Morgan fingerprint density at radius 1 is 0.913 bits per heavy atom. The van der Waals surface area contributed by atoms with E-state index < -0.39 is 11.7 Å². The van der Waals surface area contributed by atoms with E-state index in [0.717, 1.165) is 30.5 Å². The highest BCUT2D eigenvalue weighted by Crippen LogP contribution is 2.38. The van der Waals surface area contributed by atoms with Crippen molar-refractivity contribution in [2.45, 2.75) is 69.5 Å². The van der Waals surface area contributed by atoms with Gasteiger partial charge in [0.15, 0.2) is 0 Å². The standard InChI is InChI=1S/C12H12F3NO.C6H12/c13-12(14,15)10-3-1-8(2-4-10)9-5-11(6-9)16-7-17;1-2-4-6-5-3-1/h1-4,7,9,11H,5-6H2,(H,16,17);1-6H2. The minimum absolute atomic E-state index is 0.166. The van der Waals surface area contributed by atoms with Gasteiger partial charge in [0.25, 0.3) is 0 Å². The SMILES string of the molecule is C1CCCCC1.O=CNC1CC(c2ccc(C(F)(F)F)cc2)C1. The highest BCUT2D eigenvalue weighted by Gasteiger charge is 2.32. The number of hydrogen-bond donors (Lipinski definition) is 1. The molecule has 0 atom stereocenters. The summed E-state index contributed by atoms with van der Waals surface area (Å²) in [4.78, 5) is 10.2. The van der Waals surface area contributed by atoms with E-state index in [-0.39, 0.29) is 12.0 Å². The number of hydrogen-bond acceptors (Lipinski definition) is 1. The molecule has 128 valence electrons. The number of halogens is 3. The average Bonchev–Trinajstić information content (AvgIpc) is 2.52. The Morgan fingerprint density at radius 2 is 1.39 bits per heavy atom. The summed E-state index contributed by atoms with van der Waals surface area (Å²) in [5, 5.41) is 2.66. The first-order chi connectivity index (χ1) is 11.0. The van der Waals surface area contributed by atoms with E-state index in [4.69, 9.17) is 0 Å². The van der Waals surface area contributed by atoms with Crippen LogP contribution in [0.3, 0.4) is 0 Å². The molecule has 1 aromatic rings. The number of benzene rings is 1. The van der Waals surface area contributed by atoms with Crippen LogP contribution >= 0.6 is 0 Å². The monoisotopic (exact) mass is 327 g/mol. The lowest BCUT2D eigenvalue weighted by Crippen LogP contribution is -2.39. The van der Waals surface area contributed by atoms with Crippen molar-refractivity contribution in [1.29, 1.82) is 0 Å². The average molecular weight is 327 g/mol. The van der Waals surface area contributed by atoms with Gasteiger partial charge in [0.1, 0.15) is 0 Å². The fourth-order valence-corrected chi connectivity index (χ4v) is 3.13. The lowest BCUT2D eigenvalue weighted by atomic mass is 9.76. The quantitative estimate of drug-likeness (QED) is 0.774. The number of carbonyl (C=O) groups excluding carboxylic acids is 1. The van der Waals surface area contributed by atoms with Crippen molar-refractivity contribution in [2.75, 3.05) is 0 Å². The maximum Gasteiger partial charge on any atom is 0.416 e. The fourth-order valence-electron chi connectivity index (χ4n) is 3.13. The molecule has 2 nitrogen and oxygen atoms in total. The van der Waals surface area contributed by atoms with Crippen LogP contribution in [-0.2, 0) is 11.0 Å². The first-order valence-corrected chi connectivity index (χ1v) is 8.37. The number of nitrogens with one attached hydrogen (secondary N) is 1. The van der Waals surface area contributed by atoms with Crippen molar-refractivity contribution in [1.82, 2.24) is 5.32 Å². The highest BCUT2D eigenvalue weighted by molar-refractivity contribution is 5.47. The van der Waals surface area contributed by atoms with Crippen molar-refractivity contribution in [3.8, 4) is 0 Å². The molecule has 23 heavy (non-hydrogen) atoms. The summed E-state index contributed by atoms with van der Waals surface area (Å²) in [7, 11) is 0. The van der Waals surface area contributed by atoms with Crippen LogP contribution in [0.1, 0.15) is 68.4 Å². The van der Waals surface area contributed by atoms with E-state index in [1.807, 2.05) is 0 Å². The van der Waals surface area contributed by atoms with Crippen molar-refractivity contribution in [3.63, 3.8) is 0 Å². The van der Waals surface area contributed by atoms with E-state index in [9.17, 15) is 18.0 Å². The number of rotatable bonds is 3. The Balaban J connectivity index is 0.000000268. The second-order valence-corrected chi connectivity index (χ2v) is 6.39. The zero-order chi connectivity index (χ0) is 16.7. The molecule has 2 aliphatic rings. The van der Waals surface area contributed by atoms with Crippen molar-refractivity contribution in [3.05, 3.63) is 35.4 Å². The third-order valence-corrected chi connectivity index (χ3v) is 4.65. The van der Waals surface area contributed by atoms with Crippen LogP contribution in [0.4, 0.5) is 13.2 Å². The van der Waals surface area contributed by atoms with Crippen molar-refractivity contribution in [2.24, 2.45) is 0 Å². The molecule has 1 amide bonds. The molecule has 0 heterocycles. The van der Waals surface area contributed by atoms with Gasteiger partial charge in [-0.3, -0.25) is 4.79 Å². The van der Waals surface area contributed by atoms with Gasteiger partial charge in [0, 0.05) is 6.04 Å². The summed E-state index contributed by atoms with van der Waals surface area (Å²) in [6, 6.07) is 5.42. The van der Waals surface area contributed by atoms with E-state index in [1.54, 1.807) is 0 Å². The largest absolute Gasteiger partial charge is 0.416 e. The molecule has 2 fully saturated rings. The van der Waals surface area contributed by atoms with Gasteiger partial charge in [0.05, 0.1) is 5.56 Å². The summed E-state index contributed by atoms with van der Waals surface area (Å²) in [5.74, 6) is 0.259. The van der Waals surface area contributed by atoms with Gasteiger partial charge in [0.2, 0.25) is 6.41 Å².